The van der Waals surface area contributed by atoms with Crippen molar-refractivity contribution in [2.24, 2.45) is 7.05 Å². The molecule has 0 radical (unpaired) electrons. The van der Waals surface area contributed by atoms with Crippen LogP contribution in [0.1, 0.15) is 40.0 Å². The van der Waals surface area contributed by atoms with E-state index in [0.717, 1.165) is 23.1 Å². The van der Waals surface area contributed by atoms with Crippen molar-refractivity contribution in [1.82, 2.24) is 24.8 Å². The molecule has 0 aliphatic rings. The minimum Gasteiger partial charge on any atom is -0.618 e. The molecule has 6 rings (SSSR count). The number of benzene rings is 2. The molecule has 49 heavy (non-hydrogen) atoms. The van der Waals surface area contributed by atoms with Gasteiger partial charge in [-0.25, -0.2) is 13.9 Å². The Kier molecular flexibility index (Phi) is 8.62. The zero-order valence-corrected chi connectivity index (χ0v) is 25.7. The number of halogens is 7. The average molecular weight is 705 g/mol. The molecule has 0 unspecified atom stereocenters. The number of hydrogen-bond donors (Lipinski definition) is 2. The molecular formula is C31H23ClF6N8O3+2. The average Bonchev–Trinajstić information content (AvgIpc) is 3.82. The summed E-state index contributed by atoms with van der Waals surface area (Å²) in [7, 11) is 1.67. The van der Waals surface area contributed by atoms with Crippen LogP contribution in [0.15, 0.2) is 85.6 Å². The van der Waals surface area contributed by atoms with E-state index in [1.807, 2.05) is 0 Å². The number of carboxylic acids is 1. The first kappa shape index (κ1) is 33.2. The fraction of sp³-hybridized carbons (Fsp3) is 0.161. The predicted octanol–water partition coefficient (Wildman–Crippen LogP) is 5.21. The molecule has 0 saturated carbocycles. The number of nitrogens with zero attached hydrogens (tertiary/aromatic N) is 7. The number of carbonyl (C=O) groups is 1. The van der Waals surface area contributed by atoms with Crippen LogP contribution in [-0.2, 0) is 19.6 Å². The smallest absolute Gasteiger partial charge is 0.464 e. The van der Waals surface area contributed by atoms with Crippen molar-refractivity contribution in [3.63, 3.8) is 0 Å². The molecular weight excluding hydrogens is 682 g/mol. The van der Waals surface area contributed by atoms with E-state index in [-0.39, 0.29) is 45.2 Å². The van der Waals surface area contributed by atoms with Gasteiger partial charge < -0.3 is 10.3 Å². The van der Waals surface area contributed by atoms with Gasteiger partial charge in [-0.15, -0.1) is 14.0 Å². The molecule has 6 aromatic rings. The number of hydrogen-bond acceptors (Lipinski definition) is 4. The molecule has 0 saturated heterocycles. The lowest BCUT2D eigenvalue weighted by molar-refractivity contribution is -0.757. The van der Waals surface area contributed by atoms with Gasteiger partial charge in [-0.1, -0.05) is 28.9 Å². The highest BCUT2D eigenvalue weighted by Gasteiger charge is 2.41. The topological polar surface area (TPSA) is 123 Å². The van der Waals surface area contributed by atoms with Crippen molar-refractivity contribution >= 4 is 17.6 Å². The lowest BCUT2D eigenvalue weighted by Gasteiger charge is -2.16. The van der Waals surface area contributed by atoms with Crippen molar-refractivity contribution in [3.8, 4) is 27.9 Å². The SMILES string of the molecule is C[n+]1cc(-c2ccc(C(=O)O)cc2)cn1[C@@H](Cc1ccn(C(F)F)n1)c1ccc(-c2c(-[n+]3cc(C(F)(F)F)n[nH]3)ccc(Cl)c2F)c[n+]1[O-]. The van der Waals surface area contributed by atoms with Gasteiger partial charge in [0.05, 0.1) is 44.3 Å². The van der Waals surface area contributed by atoms with E-state index < -0.39 is 36.2 Å². The molecule has 11 nitrogen and oxygen atoms in total. The summed E-state index contributed by atoms with van der Waals surface area (Å²) >= 11 is 6.04. The molecule has 18 heteroatoms. The fourth-order valence-electron chi connectivity index (χ4n) is 5.39. The first-order chi connectivity index (χ1) is 23.2. The van der Waals surface area contributed by atoms with Crippen molar-refractivity contribution in [1.29, 1.82) is 0 Å². The van der Waals surface area contributed by atoms with Gasteiger partial charge in [-0.05, 0) is 42.0 Å². The number of aryl methyl sites for hydroxylation is 1. The first-order valence-corrected chi connectivity index (χ1v) is 14.6. The van der Waals surface area contributed by atoms with Gasteiger partial charge in [0.25, 0.3) is 0 Å². The third kappa shape index (κ3) is 6.56. The number of H-pyrrole nitrogens is 1. The van der Waals surface area contributed by atoms with Crippen LogP contribution >= 0.6 is 11.6 Å². The maximum Gasteiger partial charge on any atom is 0.464 e. The van der Waals surface area contributed by atoms with Crippen LogP contribution in [0.2, 0.25) is 5.02 Å². The summed E-state index contributed by atoms with van der Waals surface area (Å²) in [5.74, 6) is -2.10. The second kappa shape index (κ2) is 12.7. The van der Waals surface area contributed by atoms with E-state index in [1.54, 1.807) is 40.9 Å². The highest BCUT2D eigenvalue weighted by molar-refractivity contribution is 6.31. The molecule has 0 aliphatic carbocycles. The Morgan fingerprint density at radius 2 is 1.73 bits per heavy atom. The van der Waals surface area contributed by atoms with E-state index in [9.17, 15) is 37.1 Å². The predicted molar refractivity (Wildman–Crippen MR) is 158 cm³/mol. The second-order valence-electron chi connectivity index (χ2n) is 10.9. The summed E-state index contributed by atoms with van der Waals surface area (Å²) in [5.41, 5.74) is -0.0614. The minimum absolute atomic E-state index is 0.0405. The van der Waals surface area contributed by atoms with E-state index in [4.69, 9.17) is 11.6 Å². The molecule has 0 spiro atoms. The molecule has 0 bridgehead atoms. The van der Waals surface area contributed by atoms with Crippen molar-refractivity contribution in [3.05, 3.63) is 124 Å². The molecule has 1 atom stereocenters. The monoisotopic (exact) mass is 704 g/mol. The fourth-order valence-corrected chi connectivity index (χ4v) is 5.55. The number of pyridine rings is 1. The third-order valence-corrected chi connectivity index (χ3v) is 8.03. The van der Waals surface area contributed by atoms with Crippen molar-refractivity contribution in [2.75, 3.05) is 0 Å². The maximum absolute atomic E-state index is 15.5. The maximum atomic E-state index is 15.5. The second-order valence-corrected chi connectivity index (χ2v) is 11.3. The molecule has 4 heterocycles. The quantitative estimate of drug-likeness (QED) is 0.122. The highest BCUT2D eigenvalue weighted by atomic mass is 35.5. The van der Waals surface area contributed by atoms with Crippen LogP contribution in [0.5, 0.6) is 0 Å². The molecule has 2 aromatic carbocycles. The van der Waals surface area contributed by atoms with Crippen LogP contribution in [0.4, 0.5) is 26.3 Å². The summed E-state index contributed by atoms with van der Waals surface area (Å²) in [4.78, 5) is 11.3. The summed E-state index contributed by atoms with van der Waals surface area (Å²) in [6, 6.07) is 11.7. The molecule has 0 aliphatic heterocycles. The number of nitrogens with one attached hydrogen (secondary N) is 1. The summed E-state index contributed by atoms with van der Waals surface area (Å²) < 4.78 is 87.0. The van der Waals surface area contributed by atoms with E-state index in [2.05, 4.69) is 15.4 Å². The van der Waals surface area contributed by atoms with Crippen LogP contribution in [0, 0.1) is 11.0 Å². The standard InChI is InChI=1S/C31H21ClF6N8O3/c1-42-13-20(17-2-4-18(5-3-17)29(47)48)14-45(42)25(12-21-10-11-43(40-21)30(34)35)23-8-6-19(15-46(23)49)27-24(9-7-22(32)28(27)33)44-16-26(39-41-44)31(36,37)38/h2-11,13-16,25,30H,12H2,1H3/p+2/t25-/m0/s1. The Balaban J connectivity index is 1.44. The Morgan fingerprint density at radius 3 is 2.35 bits per heavy atom. The minimum atomic E-state index is -4.79. The van der Waals surface area contributed by atoms with Crippen LogP contribution < -0.4 is 14.1 Å². The van der Waals surface area contributed by atoms with Crippen molar-refractivity contribution < 1.29 is 50.3 Å². The number of aromatic carboxylic acids is 1. The van der Waals surface area contributed by atoms with E-state index in [1.165, 1.54) is 36.4 Å². The zero-order chi connectivity index (χ0) is 35.2. The molecule has 252 valence electrons. The Hall–Kier alpha value is -5.71. The number of aromatic nitrogens is 8. The Labute approximate surface area is 277 Å². The van der Waals surface area contributed by atoms with Gasteiger partial charge in [0.15, 0.2) is 37.0 Å². The number of carboxylic acid groups (broad SMARTS) is 1. The Morgan fingerprint density at radius 1 is 1.02 bits per heavy atom. The van der Waals surface area contributed by atoms with Crippen LogP contribution in [0.25, 0.3) is 27.9 Å². The molecule has 0 fully saturated rings. The van der Waals surface area contributed by atoms with E-state index >= 15 is 4.39 Å². The van der Waals surface area contributed by atoms with Crippen molar-refractivity contribution in [2.45, 2.75) is 25.2 Å². The van der Waals surface area contributed by atoms with Gasteiger partial charge in [0.2, 0.25) is 11.9 Å². The van der Waals surface area contributed by atoms with Gasteiger partial charge in [0.1, 0.15) is 0 Å². The molecule has 2 N–H and O–H groups in total. The normalized spacial score (nSPS) is 12.5. The summed E-state index contributed by atoms with van der Waals surface area (Å²) in [5, 5.41) is 32.0. The first-order valence-electron chi connectivity index (χ1n) is 14.2. The lowest BCUT2D eigenvalue weighted by atomic mass is 10.0. The van der Waals surface area contributed by atoms with Gasteiger partial charge >= 0.3 is 24.4 Å². The number of aromatic amines is 1. The number of alkyl halides is 5. The number of rotatable bonds is 9. The largest absolute Gasteiger partial charge is 0.618 e. The summed E-state index contributed by atoms with van der Waals surface area (Å²) in [6.07, 6.45) is 1.30. The lowest BCUT2D eigenvalue weighted by Crippen LogP contribution is -2.45. The molecule has 4 aromatic heterocycles. The van der Waals surface area contributed by atoms with Gasteiger partial charge in [-0.3, -0.25) is 0 Å². The summed E-state index contributed by atoms with van der Waals surface area (Å²) in [6.45, 7) is -2.90. The van der Waals surface area contributed by atoms with E-state index in [0.29, 0.717) is 26.7 Å². The Bertz CT molecular complexity index is 2180. The highest BCUT2D eigenvalue weighted by Crippen LogP contribution is 2.33. The van der Waals surface area contributed by atoms with Crippen LogP contribution in [-0.4, -0.2) is 35.9 Å². The third-order valence-electron chi connectivity index (χ3n) is 7.74. The van der Waals surface area contributed by atoms with Crippen LogP contribution in [0.3, 0.4) is 0 Å². The molecule has 0 amide bonds. The van der Waals surface area contributed by atoms with Gasteiger partial charge in [-0.2, -0.15) is 31.8 Å². The van der Waals surface area contributed by atoms with Gasteiger partial charge in [0, 0.05) is 18.7 Å². The zero-order valence-electron chi connectivity index (χ0n) is 25.0.